The van der Waals surface area contributed by atoms with E-state index in [0.29, 0.717) is 30.7 Å². The molecule has 0 aromatic heterocycles. The maximum absolute atomic E-state index is 13.0. The molecule has 0 saturated carbocycles. The van der Waals surface area contributed by atoms with Crippen LogP contribution in [0.2, 0.25) is 0 Å². The molecule has 1 heterocycles. The summed E-state index contributed by atoms with van der Waals surface area (Å²) in [5, 5.41) is 12.1. The van der Waals surface area contributed by atoms with Crippen molar-refractivity contribution in [3.8, 4) is 0 Å². The number of allylic oxidation sites excluding steroid dienone is 1. The van der Waals surface area contributed by atoms with E-state index in [1.807, 2.05) is 6.07 Å². The van der Waals surface area contributed by atoms with Crippen LogP contribution in [0.4, 0.5) is 18.9 Å². The lowest BCUT2D eigenvalue weighted by molar-refractivity contribution is -0.165. The Kier molecular flexibility index (Phi) is 7.93. The van der Waals surface area contributed by atoms with E-state index >= 15 is 0 Å². The molecule has 0 saturated heterocycles. The summed E-state index contributed by atoms with van der Waals surface area (Å²) in [7, 11) is 0. The molecular formula is C24H26F3NO4. The number of benzene rings is 2. The highest BCUT2D eigenvalue weighted by molar-refractivity contribution is 6.02. The van der Waals surface area contributed by atoms with E-state index in [1.165, 1.54) is 12.1 Å². The number of aliphatic hydroxyl groups is 1. The molecule has 3 rings (SSSR count). The van der Waals surface area contributed by atoms with Gasteiger partial charge in [-0.2, -0.15) is 13.2 Å². The standard InChI is InChI=1S/C24H26F3NO4/c1-2-31-23-19(9-6-14-29)20(16-10-12-17(13-11-16)24(25,26)27)15-21(32-23)22(30)28-18-7-4-3-5-8-18/h3-5,7-8,10-13,15,19-20,23,29H,2,6,9,14H2,1H3,(H,28,30)/t19-,20-,23-/m1/s1. The van der Waals surface area contributed by atoms with Crippen LogP contribution in [0.15, 0.2) is 66.4 Å². The van der Waals surface area contributed by atoms with E-state index in [9.17, 15) is 23.1 Å². The number of halogens is 3. The fourth-order valence-electron chi connectivity index (χ4n) is 3.75. The first-order valence-corrected chi connectivity index (χ1v) is 10.5. The third kappa shape index (κ3) is 5.89. The molecule has 0 aliphatic carbocycles. The van der Waals surface area contributed by atoms with Crippen LogP contribution in [0.5, 0.6) is 0 Å². The second-order valence-corrected chi connectivity index (χ2v) is 7.47. The lowest BCUT2D eigenvalue weighted by Crippen LogP contribution is -2.37. The van der Waals surface area contributed by atoms with Crippen molar-refractivity contribution in [3.05, 3.63) is 77.6 Å². The molecule has 2 N–H and O–H groups in total. The summed E-state index contributed by atoms with van der Waals surface area (Å²) in [6, 6.07) is 13.7. The van der Waals surface area contributed by atoms with Gasteiger partial charge >= 0.3 is 6.18 Å². The zero-order chi connectivity index (χ0) is 23.1. The number of amides is 1. The number of alkyl halides is 3. The normalized spacial score (nSPS) is 20.9. The Morgan fingerprint density at radius 3 is 2.41 bits per heavy atom. The number of anilines is 1. The second-order valence-electron chi connectivity index (χ2n) is 7.47. The van der Waals surface area contributed by atoms with Crippen molar-refractivity contribution < 1.29 is 32.5 Å². The molecule has 32 heavy (non-hydrogen) atoms. The second kappa shape index (κ2) is 10.7. The van der Waals surface area contributed by atoms with Gasteiger partial charge in [-0.25, -0.2) is 0 Å². The van der Waals surface area contributed by atoms with Crippen LogP contribution in [0.1, 0.15) is 36.8 Å². The number of para-hydroxylation sites is 1. The van der Waals surface area contributed by atoms with E-state index < -0.39 is 29.9 Å². The minimum atomic E-state index is -4.44. The van der Waals surface area contributed by atoms with E-state index in [4.69, 9.17) is 9.47 Å². The van der Waals surface area contributed by atoms with Crippen molar-refractivity contribution in [1.29, 1.82) is 0 Å². The Balaban J connectivity index is 1.95. The predicted molar refractivity (Wildman–Crippen MR) is 114 cm³/mol. The third-order valence-corrected chi connectivity index (χ3v) is 5.29. The van der Waals surface area contributed by atoms with Gasteiger partial charge in [0.2, 0.25) is 6.29 Å². The predicted octanol–water partition coefficient (Wildman–Crippen LogP) is 5.09. The van der Waals surface area contributed by atoms with E-state index in [0.717, 1.165) is 12.1 Å². The fraction of sp³-hybridized carbons (Fsp3) is 0.375. The van der Waals surface area contributed by atoms with Gasteiger partial charge in [0.05, 0.1) is 5.56 Å². The van der Waals surface area contributed by atoms with Gasteiger partial charge in [0, 0.05) is 30.7 Å². The topological polar surface area (TPSA) is 67.8 Å². The molecule has 0 bridgehead atoms. The Hall–Kier alpha value is -2.84. The van der Waals surface area contributed by atoms with E-state index in [2.05, 4.69) is 5.32 Å². The zero-order valence-electron chi connectivity index (χ0n) is 17.6. The molecule has 2 aromatic carbocycles. The molecule has 0 fully saturated rings. The highest BCUT2D eigenvalue weighted by Gasteiger charge is 2.38. The largest absolute Gasteiger partial charge is 0.459 e. The van der Waals surface area contributed by atoms with Gasteiger partial charge in [0.1, 0.15) is 0 Å². The number of hydrogen-bond acceptors (Lipinski definition) is 4. The van der Waals surface area contributed by atoms with Crippen molar-refractivity contribution in [2.75, 3.05) is 18.5 Å². The molecule has 5 nitrogen and oxygen atoms in total. The smallest absolute Gasteiger partial charge is 0.416 e. The molecule has 1 amide bonds. The summed E-state index contributed by atoms with van der Waals surface area (Å²) in [5.41, 5.74) is 0.454. The minimum absolute atomic E-state index is 0.0393. The maximum Gasteiger partial charge on any atom is 0.416 e. The first kappa shape index (κ1) is 23.8. The van der Waals surface area contributed by atoms with Crippen LogP contribution >= 0.6 is 0 Å². The lowest BCUT2D eigenvalue weighted by Gasteiger charge is -2.37. The van der Waals surface area contributed by atoms with Gasteiger partial charge in [0.25, 0.3) is 5.91 Å². The molecule has 0 unspecified atom stereocenters. The fourth-order valence-corrected chi connectivity index (χ4v) is 3.75. The zero-order valence-corrected chi connectivity index (χ0v) is 17.6. The van der Waals surface area contributed by atoms with E-state index in [1.54, 1.807) is 37.3 Å². The molecule has 172 valence electrons. The Labute approximate surface area is 184 Å². The highest BCUT2D eigenvalue weighted by Crippen LogP contribution is 2.40. The lowest BCUT2D eigenvalue weighted by atomic mass is 9.80. The number of carbonyl (C=O) groups is 1. The van der Waals surface area contributed by atoms with Crippen LogP contribution in [0, 0.1) is 5.92 Å². The van der Waals surface area contributed by atoms with E-state index in [-0.39, 0.29) is 18.3 Å². The summed E-state index contributed by atoms with van der Waals surface area (Å²) in [6.07, 6.45) is -2.61. The molecule has 1 aliphatic heterocycles. The summed E-state index contributed by atoms with van der Waals surface area (Å²) in [4.78, 5) is 12.9. The number of hydrogen-bond donors (Lipinski definition) is 2. The van der Waals surface area contributed by atoms with Crippen LogP contribution in [-0.4, -0.2) is 30.5 Å². The Bertz CT molecular complexity index is 913. The Morgan fingerprint density at radius 1 is 1.12 bits per heavy atom. The minimum Gasteiger partial charge on any atom is -0.459 e. The third-order valence-electron chi connectivity index (χ3n) is 5.29. The summed E-state index contributed by atoms with van der Waals surface area (Å²) in [5.74, 6) is -1.14. The summed E-state index contributed by atoms with van der Waals surface area (Å²) < 4.78 is 50.6. The van der Waals surface area contributed by atoms with Gasteiger partial charge in [0.15, 0.2) is 5.76 Å². The monoisotopic (exact) mass is 449 g/mol. The van der Waals surface area contributed by atoms with Gasteiger partial charge in [-0.15, -0.1) is 0 Å². The van der Waals surface area contributed by atoms with Gasteiger partial charge in [-0.1, -0.05) is 30.3 Å². The van der Waals surface area contributed by atoms with Crippen molar-refractivity contribution in [1.82, 2.24) is 0 Å². The quantitative estimate of drug-likeness (QED) is 0.589. The summed E-state index contributed by atoms with van der Waals surface area (Å²) in [6.45, 7) is 2.08. The number of carbonyl (C=O) groups excluding carboxylic acids is 1. The maximum atomic E-state index is 13.0. The Morgan fingerprint density at radius 2 is 1.81 bits per heavy atom. The SMILES string of the molecule is CCO[C@@H]1OC(C(=O)Nc2ccccc2)=C[C@H](c2ccc(C(F)(F)F)cc2)[C@H]1CCCO. The highest BCUT2D eigenvalue weighted by atomic mass is 19.4. The first-order valence-electron chi connectivity index (χ1n) is 10.5. The van der Waals surface area contributed by atoms with Crippen LogP contribution in [-0.2, 0) is 20.4 Å². The number of nitrogens with one attached hydrogen (secondary N) is 1. The molecule has 8 heteroatoms. The number of rotatable bonds is 8. The molecule has 3 atom stereocenters. The van der Waals surface area contributed by atoms with Crippen LogP contribution in [0.25, 0.3) is 0 Å². The molecular weight excluding hydrogens is 423 g/mol. The number of ether oxygens (including phenoxy) is 2. The molecule has 0 radical (unpaired) electrons. The molecule has 0 spiro atoms. The van der Waals surface area contributed by atoms with Crippen molar-refractivity contribution in [2.24, 2.45) is 5.92 Å². The van der Waals surface area contributed by atoms with Crippen molar-refractivity contribution in [3.63, 3.8) is 0 Å². The average molecular weight is 449 g/mol. The van der Waals surface area contributed by atoms with Crippen molar-refractivity contribution in [2.45, 2.75) is 38.1 Å². The number of aliphatic hydroxyl groups excluding tert-OH is 1. The van der Waals surface area contributed by atoms with Gasteiger partial charge in [-0.3, -0.25) is 4.79 Å². The van der Waals surface area contributed by atoms with Gasteiger partial charge in [-0.05, 0) is 55.7 Å². The summed E-state index contributed by atoms with van der Waals surface area (Å²) >= 11 is 0. The molecule has 2 aromatic rings. The van der Waals surface area contributed by atoms with Crippen LogP contribution < -0.4 is 5.32 Å². The van der Waals surface area contributed by atoms with Gasteiger partial charge < -0.3 is 19.9 Å². The van der Waals surface area contributed by atoms with Crippen molar-refractivity contribution >= 4 is 11.6 Å². The van der Waals surface area contributed by atoms with Crippen LogP contribution in [0.3, 0.4) is 0 Å². The molecule has 1 aliphatic rings. The average Bonchev–Trinajstić information content (AvgIpc) is 2.78. The first-order chi connectivity index (χ1) is 15.3.